The molecule has 0 saturated carbocycles. The summed E-state index contributed by atoms with van der Waals surface area (Å²) in [5, 5.41) is 2.92. The molecule has 0 aliphatic carbocycles. The average Bonchev–Trinajstić information content (AvgIpc) is 2.74. The molecular formula is C21H26N2O5S. The van der Waals surface area contributed by atoms with Crippen LogP contribution in [0.3, 0.4) is 0 Å². The highest BCUT2D eigenvalue weighted by molar-refractivity contribution is 7.89. The minimum atomic E-state index is -3.69. The SMILES string of the molecule is COc1ccccc1[C@H](C)NC(=O)c1ccc(C)c(S(=O)(=O)N2CCOCC2)c1. The molecule has 0 unspecified atom stereocenters. The number of hydrogen-bond donors (Lipinski definition) is 1. The Bertz CT molecular complexity index is 984. The van der Waals surface area contributed by atoms with Crippen LogP contribution in [0.25, 0.3) is 0 Å². The van der Waals surface area contributed by atoms with Crippen molar-refractivity contribution in [2.24, 2.45) is 0 Å². The Morgan fingerprint density at radius 2 is 1.86 bits per heavy atom. The third-order valence-corrected chi connectivity index (χ3v) is 7.03. The van der Waals surface area contributed by atoms with Gasteiger partial charge in [-0.1, -0.05) is 24.3 Å². The largest absolute Gasteiger partial charge is 0.496 e. The van der Waals surface area contributed by atoms with Crippen LogP contribution in [0, 0.1) is 6.92 Å². The van der Waals surface area contributed by atoms with Crippen LogP contribution in [0.2, 0.25) is 0 Å². The Morgan fingerprint density at radius 3 is 2.55 bits per heavy atom. The van der Waals surface area contributed by atoms with Gasteiger partial charge in [0.05, 0.1) is 31.3 Å². The number of amides is 1. The number of nitrogens with zero attached hydrogens (tertiary/aromatic N) is 1. The molecule has 1 N–H and O–H groups in total. The number of carbonyl (C=O) groups excluding carboxylic acids is 1. The highest BCUT2D eigenvalue weighted by atomic mass is 32.2. The van der Waals surface area contributed by atoms with Crippen LogP contribution in [0.15, 0.2) is 47.4 Å². The number of ether oxygens (including phenoxy) is 2. The minimum absolute atomic E-state index is 0.150. The third-order valence-electron chi connectivity index (χ3n) is 4.99. The second kappa shape index (κ2) is 8.94. The molecule has 0 spiro atoms. The molecule has 1 fully saturated rings. The first kappa shape index (κ1) is 21.3. The van der Waals surface area contributed by atoms with Gasteiger partial charge in [-0.3, -0.25) is 4.79 Å². The van der Waals surface area contributed by atoms with E-state index in [4.69, 9.17) is 9.47 Å². The first-order chi connectivity index (χ1) is 13.8. The van der Waals surface area contributed by atoms with Crippen molar-refractivity contribution >= 4 is 15.9 Å². The van der Waals surface area contributed by atoms with Gasteiger partial charge in [-0.15, -0.1) is 0 Å². The average molecular weight is 419 g/mol. The van der Waals surface area contributed by atoms with Gasteiger partial charge < -0.3 is 14.8 Å². The third kappa shape index (κ3) is 4.60. The number of carbonyl (C=O) groups is 1. The molecule has 1 amide bonds. The standard InChI is InChI=1S/C21H26N2O5S/c1-15-8-9-17(14-20(15)29(25,26)23-10-12-28-13-11-23)21(24)22-16(2)18-6-4-5-7-19(18)27-3/h4-9,14,16H,10-13H2,1-3H3,(H,22,24)/t16-/m0/s1. The molecule has 1 aliphatic heterocycles. The highest BCUT2D eigenvalue weighted by Crippen LogP contribution is 2.26. The molecule has 2 aromatic carbocycles. The maximum Gasteiger partial charge on any atom is 0.251 e. The van der Waals surface area contributed by atoms with Crippen molar-refractivity contribution in [2.45, 2.75) is 24.8 Å². The number of rotatable bonds is 6. The van der Waals surface area contributed by atoms with Crippen molar-refractivity contribution in [3.63, 3.8) is 0 Å². The van der Waals surface area contributed by atoms with Crippen molar-refractivity contribution in [3.05, 3.63) is 59.2 Å². The number of morpholine rings is 1. The predicted molar refractivity (Wildman–Crippen MR) is 110 cm³/mol. The Morgan fingerprint density at radius 1 is 1.17 bits per heavy atom. The summed E-state index contributed by atoms with van der Waals surface area (Å²) in [6.07, 6.45) is 0. The Labute approximate surface area is 171 Å². The van der Waals surface area contributed by atoms with Gasteiger partial charge in [0.2, 0.25) is 10.0 Å². The number of sulfonamides is 1. The van der Waals surface area contributed by atoms with Crippen LogP contribution in [-0.2, 0) is 14.8 Å². The van der Waals surface area contributed by atoms with Gasteiger partial charge in [0.15, 0.2) is 0 Å². The zero-order chi connectivity index (χ0) is 21.0. The van der Waals surface area contributed by atoms with E-state index in [-0.39, 0.29) is 16.8 Å². The Kier molecular flexibility index (Phi) is 6.56. The lowest BCUT2D eigenvalue weighted by Gasteiger charge is -2.27. The molecule has 0 radical (unpaired) electrons. The summed E-state index contributed by atoms with van der Waals surface area (Å²) in [7, 11) is -2.11. The van der Waals surface area contributed by atoms with Crippen molar-refractivity contribution in [3.8, 4) is 5.75 Å². The van der Waals surface area contributed by atoms with E-state index >= 15 is 0 Å². The minimum Gasteiger partial charge on any atom is -0.496 e. The molecular weight excluding hydrogens is 392 g/mol. The number of aryl methyl sites for hydroxylation is 1. The smallest absolute Gasteiger partial charge is 0.251 e. The first-order valence-corrected chi connectivity index (χ1v) is 10.9. The zero-order valence-corrected chi connectivity index (χ0v) is 17.7. The van der Waals surface area contributed by atoms with Gasteiger partial charge in [0, 0.05) is 24.2 Å². The fourth-order valence-electron chi connectivity index (χ4n) is 3.33. The molecule has 1 heterocycles. The van der Waals surface area contributed by atoms with E-state index in [0.29, 0.717) is 43.2 Å². The van der Waals surface area contributed by atoms with Gasteiger partial charge in [-0.2, -0.15) is 4.31 Å². The van der Waals surface area contributed by atoms with Crippen LogP contribution >= 0.6 is 0 Å². The summed E-state index contributed by atoms with van der Waals surface area (Å²) < 4.78 is 38.1. The topological polar surface area (TPSA) is 84.9 Å². The van der Waals surface area contributed by atoms with E-state index in [0.717, 1.165) is 5.56 Å². The monoisotopic (exact) mass is 418 g/mol. The van der Waals surface area contributed by atoms with Gasteiger partial charge in [0.1, 0.15) is 5.75 Å². The van der Waals surface area contributed by atoms with E-state index in [9.17, 15) is 13.2 Å². The lowest BCUT2D eigenvalue weighted by atomic mass is 10.1. The van der Waals surface area contributed by atoms with E-state index in [1.807, 2.05) is 31.2 Å². The molecule has 8 heteroatoms. The molecule has 1 atom stereocenters. The molecule has 1 aliphatic rings. The number of para-hydroxylation sites is 1. The molecule has 0 bridgehead atoms. The molecule has 156 valence electrons. The van der Waals surface area contributed by atoms with Crippen molar-refractivity contribution in [1.82, 2.24) is 9.62 Å². The lowest BCUT2D eigenvalue weighted by Crippen LogP contribution is -2.41. The number of hydrogen-bond acceptors (Lipinski definition) is 5. The van der Waals surface area contributed by atoms with Gasteiger partial charge in [0.25, 0.3) is 5.91 Å². The quantitative estimate of drug-likeness (QED) is 0.779. The molecule has 7 nitrogen and oxygen atoms in total. The van der Waals surface area contributed by atoms with Crippen LogP contribution < -0.4 is 10.1 Å². The fourth-order valence-corrected chi connectivity index (χ4v) is 4.99. The number of methoxy groups -OCH3 is 1. The van der Waals surface area contributed by atoms with Crippen molar-refractivity contribution < 1.29 is 22.7 Å². The molecule has 3 rings (SSSR count). The summed E-state index contributed by atoms with van der Waals surface area (Å²) in [5.74, 6) is 0.335. The van der Waals surface area contributed by atoms with Crippen molar-refractivity contribution in [2.75, 3.05) is 33.4 Å². The van der Waals surface area contributed by atoms with Gasteiger partial charge in [-0.25, -0.2) is 8.42 Å². The molecule has 29 heavy (non-hydrogen) atoms. The number of benzene rings is 2. The summed E-state index contributed by atoms with van der Waals surface area (Å²) in [5.41, 5.74) is 1.74. The van der Waals surface area contributed by atoms with E-state index in [2.05, 4.69) is 5.32 Å². The van der Waals surface area contributed by atoms with E-state index < -0.39 is 10.0 Å². The van der Waals surface area contributed by atoms with E-state index in [1.54, 1.807) is 26.2 Å². The van der Waals surface area contributed by atoms with E-state index in [1.165, 1.54) is 10.4 Å². The maximum atomic E-state index is 13.0. The normalized spacial score (nSPS) is 16.2. The van der Waals surface area contributed by atoms with Crippen LogP contribution in [0.5, 0.6) is 5.75 Å². The number of nitrogens with one attached hydrogen (secondary N) is 1. The summed E-state index contributed by atoms with van der Waals surface area (Å²) in [4.78, 5) is 13.0. The highest BCUT2D eigenvalue weighted by Gasteiger charge is 2.28. The Balaban J connectivity index is 1.84. The second-order valence-corrected chi connectivity index (χ2v) is 8.84. The van der Waals surface area contributed by atoms with Crippen LogP contribution in [0.1, 0.15) is 34.5 Å². The van der Waals surface area contributed by atoms with Gasteiger partial charge in [-0.05, 0) is 37.6 Å². The van der Waals surface area contributed by atoms with Gasteiger partial charge >= 0.3 is 0 Å². The first-order valence-electron chi connectivity index (χ1n) is 9.47. The summed E-state index contributed by atoms with van der Waals surface area (Å²) in [6, 6.07) is 11.9. The van der Waals surface area contributed by atoms with Crippen molar-refractivity contribution in [1.29, 1.82) is 0 Å². The maximum absolute atomic E-state index is 13.0. The molecule has 1 saturated heterocycles. The Hall–Kier alpha value is -2.42. The summed E-state index contributed by atoms with van der Waals surface area (Å²) >= 11 is 0. The zero-order valence-electron chi connectivity index (χ0n) is 16.8. The van der Waals surface area contributed by atoms with Crippen LogP contribution in [-0.4, -0.2) is 52.0 Å². The lowest BCUT2D eigenvalue weighted by molar-refractivity contribution is 0.0730. The molecule has 2 aromatic rings. The summed E-state index contributed by atoms with van der Waals surface area (Å²) in [6.45, 7) is 4.94. The van der Waals surface area contributed by atoms with Crippen LogP contribution in [0.4, 0.5) is 0 Å². The predicted octanol–water partition coefficient (Wildman–Crippen LogP) is 2.52. The fraction of sp³-hybridized carbons (Fsp3) is 0.381. The molecule has 0 aromatic heterocycles. The second-order valence-electron chi connectivity index (χ2n) is 6.93.